The van der Waals surface area contributed by atoms with Crippen molar-refractivity contribution >= 4 is 11.9 Å². The number of unbranched alkanes of at least 4 members (excludes halogenated alkanes) is 72. The molecule has 0 saturated heterocycles. The lowest BCUT2D eigenvalue weighted by atomic mass is 10.0. The number of esters is 1. The van der Waals surface area contributed by atoms with Crippen LogP contribution in [0.1, 0.15) is 521 Å². The molecule has 0 radical (unpaired) electrons. The molecule has 1 amide bonds. The van der Waals surface area contributed by atoms with E-state index in [1.54, 1.807) is 6.08 Å². The number of rotatable bonds is 87. The summed E-state index contributed by atoms with van der Waals surface area (Å²) in [5.41, 5.74) is 0. The van der Waals surface area contributed by atoms with Gasteiger partial charge in [-0.2, -0.15) is 0 Å². The molecule has 0 fully saturated rings. The zero-order valence-corrected chi connectivity index (χ0v) is 67.5. The third-order valence-corrected chi connectivity index (χ3v) is 21.7. The molecule has 3 N–H and O–H groups in total. The normalized spacial score (nSPS) is 12.6. The lowest BCUT2D eigenvalue weighted by Crippen LogP contribution is -2.45. The fourth-order valence-electron chi connectivity index (χ4n) is 14.7. The summed E-state index contributed by atoms with van der Waals surface area (Å²) in [6, 6.07) is -0.625. The highest BCUT2D eigenvalue weighted by atomic mass is 16.5. The fraction of sp³-hybridized carbons (Fsp3) is 0.914. The number of hydrogen-bond acceptors (Lipinski definition) is 5. The third kappa shape index (κ3) is 84.9. The Morgan fingerprint density at radius 1 is 0.283 bits per heavy atom. The third-order valence-electron chi connectivity index (χ3n) is 21.7. The Bertz CT molecular complexity index is 1610. The van der Waals surface area contributed by atoms with Crippen LogP contribution in [-0.4, -0.2) is 47.4 Å². The van der Waals surface area contributed by atoms with Gasteiger partial charge < -0.3 is 20.3 Å². The Balaban J connectivity index is 3.31. The fourth-order valence-corrected chi connectivity index (χ4v) is 14.7. The SMILES string of the molecule is CCCCC/C=C\C/C=C\CCCCCCCCCCCC(=O)OCCCCCCCCCCCCCCCCCCCCCCCCCCCCCCCCCCCCCCCCCC(=O)NC(CO)C(O)/C=C/CCCCCCCCCCCCCCCCCCCCCCCC. The molecule has 2 unspecified atom stereocenters. The quantitative estimate of drug-likeness (QED) is 0.0320. The molecule has 586 valence electrons. The number of aliphatic hydroxyl groups is 2. The van der Waals surface area contributed by atoms with E-state index in [4.69, 9.17) is 4.74 Å². The van der Waals surface area contributed by atoms with Gasteiger partial charge in [0.25, 0.3) is 0 Å². The van der Waals surface area contributed by atoms with Crippen LogP contribution >= 0.6 is 0 Å². The molecule has 0 aliphatic heterocycles. The first-order chi connectivity index (χ1) is 49.0. The maximum absolute atomic E-state index is 12.6. The van der Waals surface area contributed by atoms with Crippen LogP contribution in [-0.2, 0) is 14.3 Å². The van der Waals surface area contributed by atoms with E-state index < -0.39 is 12.1 Å². The van der Waals surface area contributed by atoms with E-state index in [1.165, 1.54) is 449 Å². The summed E-state index contributed by atoms with van der Waals surface area (Å²) in [5, 5.41) is 23.4. The predicted molar refractivity (Wildman–Crippen MR) is 439 cm³/mol. The molecule has 6 nitrogen and oxygen atoms in total. The van der Waals surface area contributed by atoms with Crippen LogP contribution < -0.4 is 5.32 Å². The van der Waals surface area contributed by atoms with Crippen molar-refractivity contribution in [1.82, 2.24) is 5.32 Å². The van der Waals surface area contributed by atoms with Crippen molar-refractivity contribution in [2.75, 3.05) is 13.2 Å². The molecule has 6 heteroatoms. The number of hydrogen-bond donors (Lipinski definition) is 3. The highest BCUT2D eigenvalue weighted by molar-refractivity contribution is 5.76. The van der Waals surface area contributed by atoms with Gasteiger partial charge in [0.2, 0.25) is 5.91 Å². The number of allylic oxidation sites excluding steroid dienone is 5. The molecule has 2 atom stereocenters. The Labute approximate surface area is 621 Å². The zero-order valence-electron chi connectivity index (χ0n) is 67.5. The molecule has 0 spiro atoms. The molecule has 0 rings (SSSR count). The molecule has 0 aromatic rings. The van der Waals surface area contributed by atoms with E-state index >= 15 is 0 Å². The lowest BCUT2D eigenvalue weighted by Gasteiger charge is -2.20. The minimum absolute atomic E-state index is 0.0211. The lowest BCUT2D eigenvalue weighted by molar-refractivity contribution is -0.143. The van der Waals surface area contributed by atoms with Crippen molar-refractivity contribution in [2.45, 2.75) is 533 Å². The number of ether oxygens (including phenoxy) is 1. The second kappa shape index (κ2) is 88.5. The Hall–Kier alpha value is -1.92. The van der Waals surface area contributed by atoms with Crippen LogP contribution in [0.5, 0.6) is 0 Å². The van der Waals surface area contributed by atoms with Gasteiger partial charge in [-0.1, -0.05) is 480 Å². The highest BCUT2D eigenvalue weighted by Crippen LogP contribution is 2.21. The standard InChI is InChI=1S/C93H179NO5/c1-3-5-7-9-11-13-15-17-19-21-23-24-25-43-46-50-53-57-61-65-69-73-77-81-85-91(96)90(89-95)94-92(97)86-82-78-74-70-66-62-58-54-51-47-44-41-39-37-35-33-31-29-27-26-28-30-32-34-36-38-40-42-45-48-52-56-60-64-68-72-76-80-84-88-99-93(98)87-83-79-75-71-67-63-59-55-49-22-20-18-16-14-12-10-8-6-4-2/h12,14,18,20,81,85,90-91,95-96H,3-11,13,15-17,19,21-80,82-84,86-89H2,1-2H3,(H,94,97)/b14-12-,20-18-,85-81+. The van der Waals surface area contributed by atoms with Gasteiger partial charge >= 0.3 is 5.97 Å². The van der Waals surface area contributed by atoms with Crippen LogP contribution in [0.4, 0.5) is 0 Å². The van der Waals surface area contributed by atoms with Crippen molar-refractivity contribution in [2.24, 2.45) is 0 Å². The molecular formula is C93H179NO5. The van der Waals surface area contributed by atoms with Crippen LogP contribution in [0.3, 0.4) is 0 Å². The Kier molecular flexibility index (Phi) is 86.8. The van der Waals surface area contributed by atoms with E-state index in [-0.39, 0.29) is 18.5 Å². The van der Waals surface area contributed by atoms with Crippen molar-refractivity contribution in [1.29, 1.82) is 0 Å². The minimum Gasteiger partial charge on any atom is -0.466 e. The van der Waals surface area contributed by atoms with Gasteiger partial charge in [-0.3, -0.25) is 9.59 Å². The smallest absolute Gasteiger partial charge is 0.305 e. The highest BCUT2D eigenvalue weighted by Gasteiger charge is 2.18. The molecular weight excluding hydrogens is 1210 g/mol. The van der Waals surface area contributed by atoms with Crippen LogP contribution in [0, 0.1) is 0 Å². The van der Waals surface area contributed by atoms with Crippen LogP contribution in [0.2, 0.25) is 0 Å². The van der Waals surface area contributed by atoms with Crippen molar-refractivity contribution in [3.05, 3.63) is 36.5 Å². The number of carbonyl (C=O) groups excluding carboxylic acids is 2. The van der Waals surface area contributed by atoms with E-state index in [9.17, 15) is 19.8 Å². The Morgan fingerprint density at radius 3 is 0.788 bits per heavy atom. The average Bonchev–Trinajstić information content (AvgIpc) is 2.01. The van der Waals surface area contributed by atoms with E-state index in [1.807, 2.05) is 6.08 Å². The first-order valence-electron chi connectivity index (χ1n) is 45.8. The van der Waals surface area contributed by atoms with Crippen molar-refractivity contribution in [3.63, 3.8) is 0 Å². The van der Waals surface area contributed by atoms with Gasteiger partial charge in [0, 0.05) is 12.8 Å². The molecule has 0 aliphatic rings. The van der Waals surface area contributed by atoms with Gasteiger partial charge in [0.05, 0.1) is 25.4 Å². The summed E-state index contributed by atoms with van der Waals surface area (Å²) >= 11 is 0. The molecule has 0 bridgehead atoms. The van der Waals surface area contributed by atoms with Gasteiger partial charge in [0.15, 0.2) is 0 Å². The molecule has 0 aliphatic carbocycles. The van der Waals surface area contributed by atoms with Gasteiger partial charge in [-0.05, 0) is 64.2 Å². The van der Waals surface area contributed by atoms with Gasteiger partial charge in [-0.15, -0.1) is 0 Å². The summed E-state index contributed by atoms with van der Waals surface area (Å²) in [4.78, 5) is 24.7. The van der Waals surface area contributed by atoms with Crippen LogP contribution in [0.25, 0.3) is 0 Å². The first-order valence-corrected chi connectivity index (χ1v) is 45.8. The van der Waals surface area contributed by atoms with E-state index in [0.29, 0.717) is 19.4 Å². The molecule has 99 heavy (non-hydrogen) atoms. The van der Waals surface area contributed by atoms with Crippen LogP contribution in [0.15, 0.2) is 36.5 Å². The molecule has 0 aromatic carbocycles. The van der Waals surface area contributed by atoms with Gasteiger partial charge in [0.1, 0.15) is 0 Å². The summed E-state index contributed by atoms with van der Waals surface area (Å²) in [5.74, 6) is -0.0348. The monoisotopic (exact) mass is 1390 g/mol. The zero-order chi connectivity index (χ0) is 71.2. The van der Waals surface area contributed by atoms with Crippen molar-refractivity contribution < 1.29 is 24.5 Å². The Morgan fingerprint density at radius 2 is 0.505 bits per heavy atom. The maximum atomic E-state index is 12.6. The number of amides is 1. The first kappa shape index (κ1) is 97.1. The van der Waals surface area contributed by atoms with Crippen molar-refractivity contribution in [3.8, 4) is 0 Å². The number of carbonyl (C=O) groups is 2. The number of aliphatic hydroxyl groups excluding tert-OH is 2. The topological polar surface area (TPSA) is 95.9 Å². The molecule has 0 heterocycles. The van der Waals surface area contributed by atoms with Gasteiger partial charge in [-0.25, -0.2) is 0 Å². The minimum atomic E-state index is -0.842. The predicted octanol–water partition coefficient (Wildman–Crippen LogP) is 30.9. The summed E-state index contributed by atoms with van der Waals surface area (Å²) in [7, 11) is 0. The second-order valence-electron chi connectivity index (χ2n) is 31.6. The average molecular weight is 1390 g/mol. The largest absolute Gasteiger partial charge is 0.466 e. The second-order valence-corrected chi connectivity index (χ2v) is 31.6. The molecule has 0 aromatic heterocycles. The maximum Gasteiger partial charge on any atom is 0.305 e. The summed E-state index contributed by atoms with van der Waals surface area (Å²) in [6.07, 6.45) is 118. The molecule has 0 saturated carbocycles. The van der Waals surface area contributed by atoms with E-state index in [0.717, 1.165) is 44.9 Å². The summed E-state index contributed by atoms with van der Waals surface area (Å²) in [6.45, 7) is 4.94. The summed E-state index contributed by atoms with van der Waals surface area (Å²) < 4.78 is 5.52. The number of nitrogens with one attached hydrogen (secondary N) is 1. The van der Waals surface area contributed by atoms with E-state index in [2.05, 4.69) is 43.5 Å².